The van der Waals surface area contributed by atoms with Crippen molar-refractivity contribution in [3.8, 4) is 0 Å². The number of aliphatic hydroxyl groups excluding tert-OH is 1. The van der Waals surface area contributed by atoms with Gasteiger partial charge in [0, 0.05) is 6.04 Å². The Morgan fingerprint density at radius 3 is 2.43 bits per heavy atom. The molecule has 1 saturated carbocycles. The van der Waals surface area contributed by atoms with Crippen LogP contribution in [0.15, 0.2) is 0 Å². The summed E-state index contributed by atoms with van der Waals surface area (Å²) in [6, 6.07) is 0.365. The van der Waals surface area contributed by atoms with Gasteiger partial charge in [-0.3, -0.25) is 0 Å². The first kappa shape index (κ1) is 12.0. The summed E-state index contributed by atoms with van der Waals surface area (Å²) >= 11 is 0. The van der Waals surface area contributed by atoms with E-state index in [2.05, 4.69) is 19.2 Å². The maximum atomic E-state index is 9.76. The van der Waals surface area contributed by atoms with Gasteiger partial charge in [-0.05, 0) is 25.3 Å². The molecule has 0 saturated heterocycles. The number of hydrogen-bond donors (Lipinski definition) is 2. The highest BCUT2D eigenvalue weighted by atomic mass is 16.3. The van der Waals surface area contributed by atoms with Gasteiger partial charge in [-0.2, -0.15) is 0 Å². The van der Waals surface area contributed by atoms with Crippen LogP contribution in [0, 0.1) is 5.92 Å². The fourth-order valence-corrected chi connectivity index (χ4v) is 2.24. The van der Waals surface area contributed by atoms with Crippen LogP contribution < -0.4 is 5.32 Å². The molecule has 0 bridgehead atoms. The van der Waals surface area contributed by atoms with Gasteiger partial charge in [-0.1, -0.05) is 39.5 Å². The summed E-state index contributed by atoms with van der Waals surface area (Å²) in [5.41, 5.74) is 0. The van der Waals surface area contributed by atoms with Gasteiger partial charge in [0.1, 0.15) is 0 Å². The molecule has 0 aromatic rings. The molecular formula is C12H25NO. The first-order valence-electron chi connectivity index (χ1n) is 6.19. The van der Waals surface area contributed by atoms with Crippen molar-refractivity contribution in [2.45, 2.75) is 64.5 Å². The Morgan fingerprint density at radius 2 is 1.86 bits per heavy atom. The zero-order valence-electron chi connectivity index (χ0n) is 9.63. The Labute approximate surface area is 88.1 Å². The van der Waals surface area contributed by atoms with E-state index in [1.54, 1.807) is 0 Å². The van der Waals surface area contributed by atoms with Gasteiger partial charge in [0.05, 0.1) is 6.10 Å². The first-order valence-corrected chi connectivity index (χ1v) is 6.19. The Hall–Kier alpha value is -0.0800. The summed E-state index contributed by atoms with van der Waals surface area (Å²) in [6.45, 7) is 5.56. The van der Waals surface area contributed by atoms with Crippen LogP contribution in [0.25, 0.3) is 0 Å². The molecule has 2 heteroatoms. The molecule has 84 valence electrons. The maximum absolute atomic E-state index is 9.76. The summed E-state index contributed by atoms with van der Waals surface area (Å²) in [5, 5.41) is 13.3. The van der Waals surface area contributed by atoms with Gasteiger partial charge in [-0.15, -0.1) is 0 Å². The normalized spacial score (nSPS) is 28.3. The van der Waals surface area contributed by atoms with E-state index < -0.39 is 0 Å². The van der Waals surface area contributed by atoms with E-state index in [1.165, 1.54) is 25.7 Å². The molecule has 0 heterocycles. The third-order valence-corrected chi connectivity index (χ3v) is 3.55. The van der Waals surface area contributed by atoms with Gasteiger partial charge in [-0.25, -0.2) is 0 Å². The topological polar surface area (TPSA) is 32.3 Å². The largest absolute Gasteiger partial charge is 0.392 e. The lowest BCUT2D eigenvalue weighted by atomic mass is 9.92. The van der Waals surface area contributed by atoms with Gasteiger partial charge in [0.15, 0.2) is 0 Å². The lowest BCUT2D eigenvalue weighted by Crippen LogP contribution is -2.43. The third kappa shape index (κ3) is 3.58. The van der Waals surface area contributed by atoms with Crippen molar-refractivity contribution in [3.63, 3.8) is 0 Å². The van der Waals surface area contributed by atoms with Crippen molar-refractivity contribution in [2.75, 3.05) is 6.54 Å². The van der Waals surface area contributed by atoms with Gasteiger partial charge in [0.2, 0.25) is 0 Å². The molecule has 1 fully saturated rings. The Kier molecular flexibility index (Phi) is 5.49. The smallest absolute Gasteiger partial charge is 0.0693 e. The van der Waals surface area contributed by atoms with Crippen LogP contribution in [0.1, 0.15) is 52.4 Å². The molecule has 2 N–H and O–H groups in total. The Morgan fingerprint density at radius 1 is 1.21 bits per heavy atom. The molecule has 2 nitrogen and oxygen atoms in total. The molecule has 1 aliphatic carbocycles. The van der Waals surface area contributed by atoms with E-state index in [9.17, 15) is 5.11 Å². The second kappa shape index (κ2) is 6.41. The summed E-state index contributed by atoms with van der Waals surface area (Å²) in [6.07, 6.45) is 7.00. The third-order valence-electron chi connectivity index (χ3n) is 3.55. The maximum Gasteiger partial charge on any atom is 0.0693 e. The quantitative estimate of drug-likeness (QED) is 0.712. The fourth-order valence-electron chi connectivity index (χ4n) is 2.24. The van der Waals surface area contributed by atoms with E-state index in [-0.39, 0.29) is 6.10 Å². The zero-order chi connectivity index (χ0) is 10.4. The molecule has 0 unspecified atom stereocenters. The van der Waals surface area contributed by atoms with Crippen molar-refractivity contribution in [1.29, 1.82) is 0 Å². The average molecular weight is 199 g/mol. The predicted molar refractivity (Wildman–Crippen MR) is 60.3 cm³/mol. The summed E-state index contributed by atoms with van der Waals surface area (Å²) in [7, 11) is 0. The number of nitrogens with one attached hydrogen (secondary N) is 1. The van der Waals surface area contributed by atoms with Crippen LogP contribution in [0.3, 0.4) is 0 Å². The summed E-state index contributed by atoms with van der Waals surface area (Å²) in [4.78, 5) is 0. The van der Waals surface area contributed by atoms with Gasteiger partial charge >= 0.3 is 0 Å². The molecular weight excluding hydrogens is 174 g/mol. The Balaban J connectivity index is 2.21. The van der Waals surface area contributed by atoms with Crippen LogP contribution >= 0.6 is 0 Å². The van der Waals surface area contributed by atoms with Gasteiger partial charge in [0.25, 0.3) is 0 Å². The highest BCUT2D eigenvalue weighted by Crippen LogP contribution is 2.18. The lowest BCUT2D eigenvalue weighted by Gasteiger charge is -2.29. The number of hydrogen-bond acceptors (Lipinski definition) is 2. The van der Waals surface area contributed by atoms with Gasteiger partial charge < -0.3 is 10.4 Å². The monoisotopic (exact) mass is 199 g/mol. The van der Waals surface area contributed by atoms with E-state index in [1.807, 2.05) is 0 Å². The van der Waals surface area contributed by atoms with Crippen molar-refractivity contribution >= 4 is 0 Å². The first-order chi connectivity index (χ1) is 6.77. The van der Waals surface area contributed by atoms with E-state index >= 15 is 0 Å². The van der Waals surface area contributed by atoms with Crippen LogP contribution in [0.4, 0.5) is 0 Å². The van der Waals surface area contributed by atoms with E-state index in [4.69, 9.17) is 0 Å². The zero-order valence-corrected chi connectivity index (χ0v) is 9.63. The molecule has 0 aliphatic heterocycles. The predicted octanol–water partition coefficient (Wildman–Crippen LogP) is 2.32. The standard InChI is InChI=1S/C12H25NO/c1-3-10(4-2)9-13-11-7-5-6-8-12(11)14/h10-14H,3-9H2,1-2H3/t11-,12-/m0/s1. The van der Waals surface area contributed by atoms with Crippen molar-refractivity contribution in [1.82, 2.24) is 5.32 Å². The minimum Gasteiger partial charge on any atom is -0.392 e. The minimum absolute atomic E-state index is 0.0990. The number of rotatable bonds is 5. The van der Waals surface area contributed by atoms with Crippen LogP contribution in [-0.4, -0.2) is 23.8 Å². The average Bonchev–Trinajstić information content (AvgIpc) is 2.22. The highest BCUT2D eigenvalue weighted by Gasteiger charge is 2.22. The van der Waals surface area contributed by atoms with Crippen LogP contribution in [0.5, 0.6) is 0 Å². The molecule has 0 radical (unpaired) electrons. The SMILES string of the molecule is CCC(CC)CN[C@H]1CCCC[C@@H]1O. The molecule has 0 aromatic carbocycles. The Bertz CT molecular complexity index is 145. The second-order valence-corrected chi connectivity index (χ2v) is 4.55. The number of aliphatic hydroxyl groups is 1. The van der Waals surface area contributed by atoms with Crippen molar-refractivity contribution < 1.29 is 5.11 Å². The highest BCUT2D eigenvalue weighted by molar-refractivity contribution is 4.80. The van der Waals surface area contributed by atoms with E-state index in [0.717, 1.165) is 25.3 Å². The van der Waals surface area contributed by atoms with Crippen molar-refractivity contribution in [2.24, 2.45) is 5.92 Å². The molecule has 14 heavy (non-hydrogen) atoms. The molecule has 0 aromatic heterocycles. The minimum atomic E-state index is -0.0990. The molecule has 0 amide bonds. The molecule has 1 aliphatic rings. The second-order valence-electron chi connectivity index (χ2n) is 4.55. The van der Waals surface area contributed by atoms with E-state index in [0.29, 0.717) is 6.04 Å². The van der Waals surface area contributed by atoms with Crippen LogP contribution in [0.2, 0.25) is 0 Å². The summed E-state index contributed by atoms with van der Waals surface area (Å²) < 4.78 is 0. The lowest BCUT2D eigenvalue weighted by molar-refractivity contribution is 0.0886. The van der Waals surface area contributed by atoms with Crippen LogP contribution in [-0.2, 0) is 0 Å². The summed E-state index contributed by atoms with van der Waals surface area (Å²) in [5.74, 6) is 0.782. The molecule has 1 rings (SSSR count). The van der Waals surface area contributed by atoms with Crippen molar-refractivity contribution in [3.05, 3.63) is 0 Å². The fraction of sp³-hybridized carbons (Fsp3) is 1.00. The molecule has 2 atom stereocenters. The molecule has 0 spiro atoms.